The van der Waals surface area contributed by atoms with E-state index in [0.29, 0.717) is 21.9 Å². The van der Waals surface area contributed by atoms with Crippen LogP contribution < -0.4 is 4.74 Å². The molecule has 1 atom stereocenters. The Bertz CT molecular complexity index is 858. The second-order valence-electron chi connectivity index (χ2n) is 5.78. The normalized spacial score (nSPS) is 14.0. The van der Waals surface area contributed by atoms with Crippen LogP contribution in [0.15, 0.2) is 41.3 Å². The Morgan fingerprint density at radius 2 is 2.11 bits per heavy atom. The highest BCUT2D eigenvalue weighted by Crippen LogP contribution is 2.33. The molecule has 0 amide bonds. The molecule has 0 N–H and O–H groups in total. The number of nitro benzene ring substituents is 1. The predicted molar refractivity (Wildman–Crippen MR) is 99.9 cm³/mol. The molecule has 2 aromatic carbocycles. The lowest BCUT2D eigenvalue weighted by molar-refractivity contribution is -0.385. The molecule has 1 aliphatic rings. The number of non-ortho nitro benzene ring substituents is 1. The van der Waals surface area contributed by atoms with Gasteiger partial charge < -0.3 is 14.2 Å². The third-order valence-electron chi connectivity index (χ3n) is 3.81. The Morgan fingerprint density at radius 1 is 1.37 bits per heavy atom. The largest absolute Gasteiger partial charge is 0.467 e. The molecule has 0 aliphatic carbocycles. The van der Waals surface area contributed by atoms with E-state index in [9.17, 15) is 14.9 Å². The average molecular weight is 410 g/mol. The number of nitrogens with zero attached hydrogens (tertiary/aromatic N) is 1. The number of benzene rings is 2. The van der Waals surface area contributed by atoms with Gasteiger partial charge in [-0.25, -0.2) is 0 Å². The van der Waals surface area contributed by atoms with Crippen molar-refractivity contribution < 1.29 is 23.9 Å². The van der Waals surface area contributed by atoms with Crippen LogP contribution in [0.4, 0.5) is 5.69 Å². The van der Waals surface area contributed by atoms with Gasteiger partial charge >= 0.3 is 5.97 Å². The predicted octanol–water partition coefficient (Wildman–Crippen LogP) is 4.34. The molecule has 1 heterocycles. The summed E-state index contributed by atoms with van der Waals surface area (Å²) in [6.07, 6.45) is 0. The summed E-state index contributed by atoms with van der Waals surface area (Å²) >= 11 is 7.19. The van der Waals surface area contributed by atoms with E-state index in [0.717, 1.165) is 4.90 Å². The molecule has 0 saturated heterocycles. The Kier molecular flexibility index (Phi) is 6.20. The summed E-state index contributed by atoms with van der Waals surface area (Å²) in [5.74, 6) is 0.0416. The van der Waals surface area contributed by atoms with Crippen LogP contribution in [-0.4, -0.2) is 22.9 Å². The number of fused-ring (bicyclic) bond motifs is 1. The van der Waals surface area contributed by atoms with Gasteiger partial charge in [0.05, 0.1) is 11.5 Å². The van der Waals surface area contributed by atoms with Gasteiger partial charge in [-0.05, 0) is 31.2 Å². The number of carbonyl (C=O) groups is 1. The zero-order valence-electron chi connectivity index (χ0n) is 14.3. The maximum absolute atomic E-state index is 12.3. The summed E-state index contributed by atoms with van der Waals surface area (Å²) in [4.78, 5) is 23.8. The number of ether oxygens (including phenoxy) is 3. The van der Waals surface area contributed by atoms with Gasteiger partial charge in [0.1, 0.15) is 17.6 Å². The topological polar surface area (TPSA) is 87.9 Å². The molecule has 0 spiro atoms. The summed E-state index contributed by atoms with van der Waals surface area (Å²) in [6.45, 7) is 1.87. The van der Waals surface area contributed by atoms with E-state index in [4.69, 9.17) is 25.8 Å². The van der Waals surface area contributed by atoms with Gasteiger partial charge in [0.15, 0.2) is 6.79 Å². The van der Waals surface area contributed by atoms with Crippen LogP contribution >= 0.6 is 23.4 Å². The van der Waals surface area contributed by atoms with E-state index in [1.807, 2.05) is 12.1 Å². The van der Waals surface area contributed by atoms with Gasteiger partial charge in [0.2, 0.25) is 0 Å². The van der Waals surface area contributed by atoms with Crippen molar-refractivity contribution in [2.75, 3.05) is 6.79 Å². The lowest BCUT2D eigenvalue weighted by Crippen LogP contribution is -2.18. The third-order valence-corrected chi connectivity index (χ3v) is 5.15. The number of carbonyl (C=O) groups excluding carboxylic acids is 1. The Labute approximate surface area is 164 Å². The van der Waals surface area contributed by atoms with Crippen molar-refractivity contribution in [1.82, 2.24) is 0 Å². The van der Waals surface area contributed by atoms with Crippen LogP contribution in [0, 0.1) is 10.1 Å². The molecular weight excluding hydrogens is 394 g/mol. The van der Waals surface area contributed by atoms with E-state index < -0.39 is 16.1 Å². The number of esters is 1. The summed E-state index contributed by atoms with van der Waals surface area (Å²) in [6, 6.07) is 9.89. The monoisotopic (exact) mass is 409 g/mol. The molecule has 0 unspecified atom stereocenters. The molecule has 0 saturated carbocycles. The molecule has 0 radical (unpaired) electrons. The van der Waals surface area contributed by atoms with Gasteiger partial charge in [-0.15, -0.1) is 11.8 Å². The number of rotatable bonds is 6. The number of hydrogen-bond acceptors (Lipinski definition) is 7. The Balaban J connectivity index is 1.68. The fourth-order valence-corrected chi connectivity index (χ4v) is 3.52. The standard InChI is InChI=1S/C18H16ClNO6S/c1-11(27-16-4-2-14(19)3-5-16)18(21)25-9-13-7-15(20(22)23)6-12-8-24-10-26-17(12)13/h2-7,11H,8-10H2,1H3/t11-/m1/s1. The van der Waals surface area contributed by atoms with E-state index >= 15 is 0 Å². The minimum atomic E-state index is -0.501. The maximum Gasteiger partial charge on any atom is 0.319 e. The first-order chi connectivity index (χ1) is 12.9. The molecule has 9 heteroatoms. The first-order valence-corrected chi connectivity index (χ1v) is 9.29. The van der Waals surface area contributed by atoms with Crippen molar-refractivity contribution in [3.63, 3.8) is 0 Å². The van der Waals surface area contributed by atoms with Gasteiger partial charge in [-0.2, -0.15) is 0 Å². The minimum Gasteiger partial charge on any atom is -0.467 e. The van der Waals surface area contributed by atoms with Gasteiger partial charge in [0, 0.05) is 33.2 Å². The lowest BCUT2D eigenvalue weighted by atomic mass is 10.1. The molecule has 2 aromatic rings. The fraction of sp³-hybridized carbons (Fsp3) is 0.278. The molecular formula is C18H16ClNO6S. The summed E-state index contributed by atoms with van der Waals surface area (Å²) in [5.41, 5.74) is 0.905. The van der Waals surface area contributed by atoms with Crippen LogP contribution in [0.25, 0.3) is 0 Å². The fourth-order valence-electron chi connectivity index (χ4n) is 2.53. The second-order valence-corrected chi connectivity index (χ2v) is 7.63. The number of nitro groups is 1. The van der Waals surface area contributed by atoms with Crippen molar-refractivity contribution in [2.24, 2.45) is 0 Å². The van der Waals surface area contributed by atoms with Crippen molar-refractivity contribution in [1.29, 1.82) is 0 Å². The zero-order chi connectivity index (χ0) is 19.4. The number of halogens is 1. The summed E-state index contributed by atoms with van der Waals surface area (Å²) in [5, 5.41) is 11.3. The highest BCUT2D eigenvalue weighted by atomic mass is 35.5. The van der Waals surface area contributed by atoms with Crippen molar-refractivity contribution in [2.45, 2.75) is 30.3 Å². The molecule has 1 aliphatic heterocycles. The van der Waals surface area contributed by atoms with Crippen LogP contribution in [0.3, 0.4) is 0 Å². The first kappa shape index (κ1) is 19.5. The molecule has 0 bridgehead atoms. The summed E-state index contributed by atoms with van der Waals surface area (Å²) < 4.78 is 16.0. The molecule has 27 heavy (non-hydrogen) atoms. The third kappa shape index (κ3) is 4.91. The molecule has 142 valence electrons. The van der Waals surface area contributed by atoms with Gasteiger partial charge in [0.25, 0.3) is 5.69 Å². The number of hydrogen-bond donors (Lipinski definition) is 0. The smallest absolute Gasteiger partial charge is 0.319 e. The average Bonchev–Trinajstić information content (AvgIpc) is 2.67. The quantitative estimate of drug-likeness (QED) is 0.303. The zero-order valence-corrected chi connectivity index (χ0v) is 15.9. The SMILES string of the molecule is C[C@@H](Sc1ccc(Cl)cc1)C(=O)OCc1cc([N+](=O)[O-])cc2c1OCOC2. The second kappa shape index (κ2) is 8.60. The highest BCUT2D eigenvalue weighted by molar-refractivity contribution is 8.00. The van der Waals surface area contributed by atoms with Crippen LogP contribution in [0.5, 0.6) is 5.75 Å². The molecule has 3 rings (SSSR count). The van der Waals surface area contributed by atoms with Crippen molar-refractivity contribution in [3.8, 4) is 5.75 Å². The van der Waals surface area contributed by atoms with Crippen LogP contribution in [0.2, 0.25) is 5.02 Å². The summed E-state index contributed by atoms with van der Waals surface area (Å²) in [7, 11) is 0. The Morgan fingerprint density at radius 3 is 2.81 bits per heavy atom. The van der Waals surface area contributed by atoms with E-state index in [-0.39, 0.29) is 25.7 Å². The molecule has 0 fully saturated rings. The highest BCUT2D eigenvalue weighted by Gasteiger charge is 2.23. The van der Waals surface area contributed by atoms with Crippen molar-refractivity contribution >= 4 is 35.0 Å². The lowest BCUT2D eigenvalue weighted by Gasteiger charge is -2.20. The first-order valence-electron chi connectivity index (χ1n) is 8.03. The molecule has 7 nitrogen and oxygen atoms in total. The number of thioether (sulfide) groups is 1. The maximum atomic E-state index is 12.3. The van der Waals surface area contributed by atoms with Crippen molar-refractivity contribution in [3.05, 3.63) is 62.7 Å². The van der Waals surface area contributed by atoms with E-state index in [1.54, 1.807) is 19.1 Å². The van der Waals surface area contributed by atoms with Crippen LogP contribution in [-0.2, 0) is 27.5 Å². The van der Waals surface area contributed by atoms with Gasteiger partial charge in [-0.1, -0.05) is 11.6 Å². The van der Waals surface area contributed by atoms with Crippen LogP contribution in [0.1, 0.15) is 18.1 Å². The molecule has 0 aromatic heterocycles. The minimum absolute atomic E-state index is 0.0502. The van der Waals surface area contributed by atoms with E-state index in [1.165, 1.54) is 23.9 Å². The van der Waals surface area contributed by atoms with E-state index in [2.05, 4.69) is 0 Å². The van der Waals surface area contributed by atoms with Gasteiger partial charge in [-0.3, -0.25) is 14.9 Å². The Hall–Kier alpha value is -2.29.